The van der Waals surface area contributed by atoms with Gasteiger partial charge in [-0.15, -0.1) is 0 Å². The van der Waals surface area contributed by atoms with E-state index in [2.05, 4.69) is 71.5 Å². The Bertz CT molecular complexity index is 840. The minimum Gasteiger partial charge on any atom is -0.343 e. The molecule has 0 unspecified atom stereocenters. The quantitative estimate of drug-likeness (QED) is 0.660. The second-order valence-corrected chi connectivity index (χ2v) is 7.44. The van der Waals surface area contributed by atoms with E-state index in [0.29, 0.717) is 6.04 Å². The Morgan fingerprint density at radius 2 is 1.68 bits per heavy atom. The number of para-hydroxylation sites is 1. The van der Waals surface area contributed by atoms with Crippen LogP contribution in [0.4, 0.5) is 0 Å². The van der Waals surface area contributed by atoms with Gasteiger partial charge in [0.2, 0.25) is 0 Å². The minimum absolute atomic E-state index is 0.701. The lowest BCUT2D eigenvalue weighted by molar-refractivity contribution is 0.372. The fraction of sp³-hybridized carbons (Fsp3) is 0.391. The highest BCUT2D eigenvalue weighted by Crippen LogP contribution is 2.24. The average molecular weight is 332 g/mol. The van der Waals surface area contributed by atoms with Crippen LogP contribution in [0.2, 0.25) is 0 Å². The van der Waals surface area contributed by atoms with E-state index in [4.69, 9.17) is 0 Å². The summed E-state index contributed by atoms with van der Waals surface area (Å²) in [6.07, 6.45) is 9.20. The predicted molar refractivity (Wildman–Crippen MR) is 106 cm³/mol. The molecule has 0 aliphatic heterocycles. The monoisotopic (exact) mass is 332 g/mol. The van der Waals surface area contributed by atoms with Crippen LogP contribution in [0.3, 0.4) is 0 Å². The highest BCUT2D eigenvalue weighted by atomic mass is 15.0. The summed E-state index contributed by atoms with van der Waals surface area (Å²) in [5.41, 5.74) is 5.53. The Morgan fingerprint density at radius 1 is 0.920 bits per heavy atom. The maximum absolute atomic E-state index is 3.81. The number of aryl methyl sites for hydroxylation is 1. The standard InChI is InChI=1S/C23H28N2/c1-18-9-5-6-10-19(18)16-25-17-20(22-13-7-8-14-23(22)25)15-24-21-11-3-2-4-12-21/h5-10,13-14,17,21,24H,2-4,11-12,15-16H2,1H3. The molecule has 2 nitrogen and oxygen atoms in total. The molecule has 1 aliphatic carbocycles. The second kappa shape index (κ2) is 7.45. The van der Waals surface area contributed by atoms with Crippen LogP contribution in [0.1, 0.15) is 48.8 Å². The van der Waals surface area contributed by atoms with E-state index in [9.17, 15) is 0 Å². The summed E-state index contributed by atoms with van der Waals surface area (Å²) in [6, 6.07) is 18.2. The van der Waals surface area contributed by atoms with Gasteiger partial charge in [0, 0.05) is 36.2 Å². The molecule has 1 aromatic heterocycles. The molecule has 1 heterocycles. The van der Waals surface area contributed by atoms with Crippen molar-refractivity contribution in [1.29, 1.82) is 0 Å². The number of nitrogens with zero attached hydrogens (tertiary/aromatic N) is 1. The summed E-state index contributed by atoms with van der Waals surface area (Å²) in [4.78, 5) is 0. The zero-order valence-corrected chi connectivity index (χ0v) is 15.2. The maximum Gasteiger partial charge on any atom is 0.0486 e. The van der Waals surface area contributed by atoms with Gasteiger partial charge in [0.15, 0.2) is 0 Å². The van der Waals surface area contributed by atoms with Crippen LogP contribution in [-0.4, -0.2) is 10.6 Å². The van der Waals surface area contributed by atoms with E-state index >= 15 is 0 Å². The number of nitrogens with one attached hydrogen (secondary N) is 1. The lowest BCUT2D eigenvalue weighted by Crippen LogP contribution is -2.30. The van der Waals surface area contributed by atoms with E-state index in [0.717, 1.165) is 13.1 Å². The van der Waals surface area contributed by atoms with E-state index in [1.807, 2.05) is 0 Å². The van der Waals surface area contributed by atoms with Crippen LogP contribution in [0.15, 0.2) is 54.7 Å². The van der Waals surface area contributed by atoms with Gasteiger partial charge in [-0.1, -0.05) is 61.7 Å². The molecular weight excluding hydrogens is 304 g/mol. The van der Waals surface area contributed by atoms with Gasteiger partial charge in [-0.05, 0) is 42.5 Å². The molecular formula is C23H28N2. The van der Waals surface area contributed by atoms with Gasteiger partial charge in [0.1, 0.15) is 0 Å². The molecule has 1 aliphatic rings. The number of fused-ring (bicyclic) bond motifs is 1. The molecule has 0 amide bonds. The van der Waals surface area contributed by atoms with Gasteiger partial charge < -0.3 is 9.88 Å². The highest BCUT2D eigenvalue weighted by Gasteiger charge is 2.14. The molecule has 0 saturated heterocycles. The van der Waals surface area contributed by atoms with Crippen LogP contribution >= 0.6 is 0 Å². The smallest absolute Gasteiger partial charge is 0.0486 e. The normalized spacial score (nSPS) is 15.7. The molecule has 130 valence electrons. The van der Waals surface area contributed by atoms with Crippen LogP contribution in [0, 0.1) is 6.92 Å². The summed E-state index contributed by atoms with van der Waals surface area (Å²) in [6.45, 7) is 4.12. The Kier molecular flexibility index (Phi) is 4.89. The third kappa shape index (κ3) is 3.64. The molecule has 0 bridgehead atoms. The largest absolute Gasteiger partial charge is 0.343 e. The van der Waals surface area contributed by atoms with Crippen LogP contribution in [0.25, 0.3) is 10.9 Å². The number of hydrogen-bond acceptors (Lipinski definition) is 1. The molecule has 1 N–H and O–H groups in total. The van der Waals surface area contributed by atoms with E-state index in [-0.39, 0.29) is 0 Å². The molecule has 0 spiro atoms. The maximum atomic E-state index is 3.81. The van der Waals surface area contributed by atoms with Gasteiger partial charge in [-0.25, -0.2) is 0 Å². The summed E-state index contributed by atoms with van der Waals surface area (Å²) in [5.74, 6) is 0. The molecule has 25 heavy (non-hydrogen) atoms. The SMILES string of the molecule is Cc1ccccc1Cn1cc(CNC2CCCCC2)c2ccccc21. The van der Waals surface area contributed by atoms with Crippen molar-refractivity contribution in [2.75, 3.05) is 0 Å². The van der Waals surface area contributed by atoms with E-state index in [1.54, 1.807) is 0 Å². The first-order chi connectivity index (χ1) is 12.3. The molecule has 3 aromatic rings. The Balaban J connectivity index is 1.58. The Hall–Kier alpha value is -2.06. The average Bonchev–Trinajstić information content (AvgIpc) is 3.01. The first kappa shape index (κ1) is 16.4. The molecule has 0 radical (unpaired) electrons. The topological polar surface area (TPSA) is 17.0 Å². The van der Waals surface area contributed by atoms with Gasteiger partial charge in [-0.3, -0.25) is 0 Å². The third-order valence-electron chi connectivity index (χ3n) is 5.66. The Labute approximate surface area is 150 Å². The minimum atomic E-state index is 0.701. The lowest BCUT2D eigenvalue weighted by Gasteiger charge is -2.22. The van der Waals surface area contributed by atoms with Crippen molar-refractivity contribution in [2.45, 2.75) is 58.2 Å². The zero-order valence-electron chi connectivity index (χ0n) is 15.2. The van der Waals surface area contributed by atoms with E-state index < -0.39 is 0 Å². The summed E-state index contributed by atoms with van der Waals surface area (Å²) >= 11 is 0. The molecule has 1 saturated carbocycles. The van der Waals surface area contributed by atoms with Crippen molar-refractivity contribution in [3.63, 3.8) is 0 Å². The molecule has 2 aromatic carbocycles. The molecule has 1 fully saturated rings. The Morgan fingerprint density at radius 3 is 2.52 bits per heavy atom. The molecule has 4 rings (SSSR count). The number of aromatic nitrogens is 1. The predicted octanol–water partition coefficient (Wildman–Crippen LogP) is 5.42. The van der Waals surface area contributed by atoms with Crippen molar-refractivity contribution < 1.29 is 0 Å². The second-order valence-electron chi connectivity index (χ2n) is 7.44. The van der Waals surface area contributed by atoms with E-state index in [1.165, 1.54) is 59.7 Å². The fourth-order valence-corrected chi connectivity index (χ4v) is 4.13. The van der Waals surface area contributed by atoms with Crippen LogP contribution in [0.5, 0.6) is 0 Å². The van der Waals surface area contributed by atoms with Crippen molar-refractivity contribution >= 4 is 10.9 Å². The molecule has 0 atom stereocenters. The van der Waals surface area contributed by atoms with Crippen molar-refractivity contribution in [3.05, 3.63) is 71.4 Å². The first-order valence-corrected chi connectivity index (χ1v) is 9.66. The third-order valence-corrected chi connectivity index (χ3v) is 5.66. The van der Waals surface area contributed by atoms with Gasteiger partial charge in [0.05, 0.1) is 0 Å². The molecule has 2 heteroatoms. The van der Waals surface area contributed by atoms with Crippen molar-refractivity contribution in [2.24, 2.45) is 0 Å². The zero-order chi connectivity index (χ0) is 17.1. The highest BCUT2D eigenvalue weighted by molar-refractivity contribution is 5.84. The fourth-order valence-electron chi connectivity index (χ4n) is 4.13. The van der Waals surface area contributed by atoms with Crippen LogP contribution < -0.4 is 5.32 Å². The van der Waals surface area contributed by atoms with Gasteiger partial charge in [-0.2, -0.15) is 0 Å². The summed E-state index contributed by atoms with van der Waals surface area (Å²) in [7, 11) is 0. The number of benzene rings is 2. The lowest BCUT2D eigenvalue weighted by atomic mass is 9.95. The van der Waals surface area contributed by atoms with Crippen molar-refractivity contribution in [1.82, 2.24) is 9.88 Å². The summed E-state index contributed by atoms with van der Waals surface area (Å²) in [5, 5.41) is 5.19. The van der Waals surface area contributed by atoms with Crippen LogP contribution in [-0.2, 0) is 13.1 Å². The summed E-state index contributed by atoms with van der Waals surface area (Å²) < 4.78 is 2.41. The van der Waals surface area contributed by atoms with Gasteiger partial charge in [0.25, 0.3) is 0 Å². The van der Waals surface area contributed by atoms with Gasteiger partial charge >= 0.3 is 0 Å². The first-order valence-electron chi connectivity index (χ1n) is 9.66. The van der Waals surface area contributed by atoms with Crippen molar-refractivity contribution in [3.8, 4) is 0 Å². The number of rotatable bonds is 5. The number of hydrogen-bond donors (Lipinski definition) is 1.